The highest BCUT2D eigenvalue weighted by atomic mass is 16.8. The second-order valence-corrected chi connectivity index (χ2v) is 25.0. The molecule has 0 bridgehead atoms. The summed E-state index contributed by atoms with van der Waals surface area (Å²) in [5.41, 5.74) is 0. The molecule has 3 saturated heterocycles. The van der Waals surface area contributed by atoms with Gasteiger partial charge in [0.25, 0.3) is 0 Å². The number of carbonyl (C=O) groups excluding carboxylic acids is 1. The normalized spacial score (nSPS) is 28.9. The van der Waals surface area contributed by atoms with Gasteiger partial charge in [-0.3, -0.25) is 4.79 Å². The molecule has 0 saturated carbocycles. The van der Waals surface area contributed by atoms with Crippen molar-refractivity contribution in [1.82, 2.24) is 5.32 Å². The van der Waals surface area contributed by atoms with Crippen LogP contribution in [0.15, 0.2) is 24.3 Å². The third kappa shape index (κ3) is 32.0. The summed E-state index contributed by atoms with van der Waals surface area (Å²) in [6.07, 6.45) is 28.2. The number of rotatable bonds is 53. The molecular weight excluding hydrogens is 1110 g/mol. The first-order chi connectivity index (χ1) is 41.8. The van der Waals surface area contributed by atoms with Crippen LogP contribution in [-0.2, 0) is 33.2 Å². The highest BCUT2D eigenvalue weighted by molar-refractivity contribution is 5.76. The number of amides is 1. The molecule has 0 radical (unpaired) electrons. The van der Waals surface area contributed by atoms with Gasteiger partial charge in [-0.1, -0.05) is 237 Å². The number of carbonyl (C=O) groups is 1. The number of ether oxygens (including phenoxy) is 6. The molecule has 12 N–H and O–H groups in total. The molecule has 19 nitrogen and oxygen atoms in total. The maximum absolute atomic E-state index is 13.4. The molecule has 86 heavy (non-hydrogen) atoms. The van der Waals surface area contributed by atoms with E-state index in [9.17, 15) is 61.0 Å². The van der Waals surface area contributed by atoms with Crippen molar-refractivity contribution in [3.05, 3.63) is 24.3 Å². The van der Waals surface area contributed by atoms with Crippen molar-refractivity contribution < 1.29 is 89.4 Å². The lowest BCUT2D eigenvalue weighted by Crippen LogP contribution is -2.66. The van der Waals surface area contributed by atoms with Gasteiger partial charge in [0.15, 0.2) is 18.9 Å². The lowest BCUT2D eigenvalue weighted by atomic mass is 9.96. The maximum atomic E-state index is 13.4. The van der Waals surface area contributed by atoms with Crippen molar-refractivity contribution in [1.29, 1.82) is 0 Å². The molecule has 1 amide bonds. The van der Waals surface area contributed by atoms with E-state index in [0.717, 1.165) is 57.8 Å². The van der Waals surface area contributed by atoms with E-state index in [-0.39, 0.29) is 18.9 Å². The van der Waals surface area contributed by atoms with Crippen LogP contribution in [0.2, 0.25) is 0 Å². The molecular formula is C67H125NO18. The zero-order valence-corrected chi connectivity index (χ0v) is 53.3. The van der Waals surface area contributed by atoms with Crippen LogP contribution in [0.25, 0.3) is 0 Å². The Kier molecular flexibility index (Phi) is 45.6. The van der Waals surface area contributed by atoms with E-state index in [1.807, 2.05) is 0 Å². The van der Waals surface area contributed by atoms with Gasteiger partial charge in [0, 0.05) is 6.42 Å². The van der Waals surface area contributed by atoms with Gasteiger partial charge in [0.1, 0.15) is 73.2 Å². The predicted octanol–water partition coefficient (Wildman–Crippen LogP) is 8.66. The highest BCUT2D eigenvalue weighted by Crippen LogP contribution is 2.33. The van der Waals surface area contributed by atoms with Crippen molar-refractivity contribution in [2.75, 3.05) is 26.4 Å². The van der Waals surface area contributed by atoms with Crippen molar-refractivity contribution in [3.63, 3.8) is 0 Å². The van der Waals surface area contributed by atoms with Crippen molar-refractivity contribution in [3.8, 4) is 0 Å². The predicted molar refractivity (Wildman–Crippen MR) is 333 cm³/mol. The van der Waals surface area contributed by atoms with Crippen LogP contribution >= 0.6 is 0 Å². The van der Waals surface area contributed by atoms with Gasteiger partial charge in [-0.05, 0) is 44.9 Å². The summed E-state index contributed by atoms with van der Waals surface area (Å²) >= 11 is 0. The minimum atomic E-state index is -1.97. The van der Waals surface area contributed by atoms with Crippen LogP contribution < -0.4 is 5.32 Å². The average Bonchev–Trinajstić information content (AvgIpc) is 2.21. The number of hydrogen-bond acceptors (Lipinski definition) is 18. The van der Waals surface area contributed by atoms with Crippen LogP contribution in [0, 0.1) is 0 Å². The third-order valence-electron chi connectivity index (χ3n) is 17.5. The molecule has 0 aliphatic carbocycles. The summed E-state index contributed by atoms with van der Waals surface area (Å²) in [5, 5.41) is 121. The Balaban J connectivity index is 1.44. The summed E-state index contributed by atoms with van der Waals surface area (Å²) in [4.78, 5) is 13.4. The fourth-order valence-electron chi connectivity index (χ4n) is 11.9. The van der Waals surface area contributed by atoms with E-state index >= 15 is 0 Å². The molecule has 3 aliphatic heterocycles. The SMILES string of the molecule is CCCCCCC/C=C\C/C=C\CCCCCCCCCCCC(=O)NC(COC1OC(CO)C(OC2OC(CO)C(OC3OC(CO)C(O)C(O)C3O)C(O)C2O)C(O)C1O)C(O)CCCCCCCCCCCCCCCCCCCCCC. The number of allylic oxidation sites excluding steroid dienone is 4. The minimum Gasteiger partial charge on any atom is -0.394 e. The molecule has 0 spiro atoms. The number of unbranched alkanes of at least 4 members (excludes halogenated alkanes) is 33. The van der Waals surface area contributed by atoms with E-state index in [2.05, 4.69) is 43.5 Å². The molecule has 0 aromatic carbocycles. The molecule has 0 aromatic rings. The molecule has 19 heteroatoms. The van der Waals surface area contributed by atoms with E-state index in [0.29, 0.717) is 12.8 Å². The molecule has 17 atom stereocenters. The van der Waals surface area contributed by atoms with Gasteiger partial charge in [-0.15, -0.1) is 0 Å². The van der Waals surface area contributed by atoms with Crippen molar-refractivity contribution in [2.24, 2.45) is 0 Å². The Morgan fingerprint density at radius 1 is 0.419 bits per heavy atom. The van der Waals surface area contributed by atoms with Gasteiger partial charge < -0.3 is 89.9 Å². The molecule has 3 heterocycles. The standard InChI is InChI=1S/C67H125NO18/c1-3-5-7-9-11-13-15-17-19-21-23-25-27-29-31-33-35-37-39-41-43-45-55(73)68-50(51(72)44-42-40-38-36-34-32-30-28-26-24-22-20-18-16-14-12-10-8-6-4-2)49-81-65-61(79)58(76)63(53(47-70)83-65)86-67-62(80)59(77)64(54(48-71)84-67)85-66-60(78)57(75)56(74)52(46-69)82-66/h15,17,21,23,50-54,56-67,69-72,74-80H,3-14,16,18-20,22,24-49H2,1-2H3,(H,68,73)/b17-15-,23-21-. The van der Waals surface area contributed by atoms with Crippen LogP contribution in [0.4, 0.5) is 0 Å². The first kappa shape index (κ1) is 78.5. The maximum Gasteiger partial charge on any atom is 0.220 e. The lowest BCUT2D eigenvalue weighted by molar-refractivity contribution is -0.379. The summed E-state index contributed by atoms with van der Waals surface area (Å²) in [7, 11) is 0. The number of aliphatic hydroxyl groups excluding tert-OH is 11. The second kappa shape index (κ2) is 49.9. The molecule has 0 aromatic heterocycles. The van der Waals surface area contributed by atoms with E-state index in [1.54, 1.807) is 0 Å². The molecule has 3 fully saturated rings. The number of nitrogens with one attached hydrogen (secondary N) is 1. The van der Waals surface area contributed by atoms with Gasteiger partial charge in [0.2, 0.25) is 5.91 Å². The number of hydrogen-bond donors (Lipinski definition) is 12. The van der Waals surface area contributed by atoms with Crippen LogP contribution in [-0.4, -0.2) is 193 Å². The zero-order chi connectivity index (χ0) is 62.6. The largest absolute Gasteiger partial charge is 0.394 e. The quantitative estimate of drug-likeness (QED) is 0.0200. The summed E-state index contributed by atoms with van der Waals surface area (Å²) < 4.78 is 34.4. The van der Waals surface area contributed by atoms with Crippen LogP contribution in [0.1, 0.15) is 264 Å². The highest BCUT2D eigenvalue weighted by Gasteiger charge is 2.53. The fourth-order valence-corrected chi connectivity index (χ4v) is 11.9. The van der Waals surface area contributed by atoms with E-state index in [1.165, 1.54) is 173 Å². The monoisotopic (exact) mass is 1230 g/mol. The Morgan fingerprint density at radius 2 is 0.767 bits per heavy atom. The topological polar surface area (TPSA) is 307 Å². The number of aliphatic hydroxyl groups is 11. The van der Waals surface area contributed by atoms with Crippen molar-refractivity contribution >= 4 is 5.91 Å². The first-order valence-corrected chi connectivity index (χ1v) is 34.6. The summed E-state index contributed by atoms with van der Waals surface area (Å²) in [5.74, 6) is -0.244. The van der Waals surface area contributed by atoms with Gasteiger partial charge in [-0.2, -0.15) is 0 Å². The Morgan fingerprint density at radius 3 is 1.19 bits per heavy atom. The van der Waals surface area contributed by atoms with Gasteiger partial charge >= 0.3 is 0 Å². The van der Waals surface area contributed by atoms with Gasteiger partial charge in [-0.25, -0.2) is 0 Å². The lowest BCUT2D eigenvalue weighted by Gasteiger charge is -2.48. The summed E-state index contributed by atoms with van der Waals surface area (Å²) in [6, 6.07) is -0.889. The molecule has 3 rings (SSSR count). The Bertz CT molecular complexity index is 1660. The second-order valence-electron chi connectivity index (χ2n) is 25.0. The van der Waals surface area contributed by atoms with E-state index in [4.69, 9.17) is 28.4 Å². The van der Waals surface area contributed by atoms with Crippen LogP contribution in [0.3, 0.4) is 0 Å². The molecule has 17 unspecified atom stereocenters. The average molecular weight is 1230 g/mol. The first-order valence-electron chi connectivity index (χ1n) is 34.6. The smallest absolute Gasteiger partial charge is 0.220 e. The summed E-state index contributed by atoms with van der Waals surface area (Å²) in [6.45, 7) is 1.81. The van der Waals surface area contributed by atoms with Gasteiger partial charge in [0.05, 0.1) is 38.6 Å². The fraction of sp³-hybridized carbons (Fsp3) is 0.925. The Labute approximate surface area is 518 Å². The minimum absolute atomic E-state index is 0.244. The van der Waals surface area contributed by atoms with Crippen molar-refractivity contribution in [2.45, 2.75) is 369 Å². The molecule has 3 aliphatic rings. The van der Waals surface area contributed by atoms with E-state index < -0.39 is 124 Å². The Hall–Kier alpha value is -1.73. The third-order valence-corrected chi connectivity index (χ3v) is 17.5. The molecule has 506 valence electrons. The zero-order valence-electron chi connectivity index (χ0n) is 53.3. The van der Waals surface area contributed by atoms with Crippen LogP contribution in [0.5, 0.6) is 0 Å².